The number of methoxy groups -OCH3 is 1. The molecular weight excluding hydrogens is 576 g/mol. The van der Waals surface area contributed by atoms with Gasteiger partial charge in [-0.25, -0.2) is 14.2 Å². The van der Waals surface area contributed by atoms with Gasteiger partial charge in [-0.3, -0.25) is 9.59 Å². The van der Waals surface area contributed by atoms with Crippen LogP contribution < -0.4 is 10.1 Å². The summed E-state index contributed by atoms with van der Waals surface area (Å²) >= 11 is 12.6. The third-order valence-corrected chi connectivity index (χ3v) is 7.09. The van der Waals surface area contributed by atoms with E-state index in [2.05, 4.69) is 10.3 Å². The van der Waals surface area contributed by atoms with Crippen molar-refractivity contribution in [3.05, 3.63) is 63.8 Å². The molecule has 0 aliphatic carbocycles. The Morgan fingerprint density at radius 2 is 1.68 bits per heavy atom. The molecule has 10 nitrogen and oxygen atoms in total. The molecule has 3 amide bonds. The molecule has 1 aliphatic heterocycles. The highest BCUT2D eigenvalue weighted by atomic mass is 35.5. The Bertz CT molecular complexity index is 1500. The number of amides is 3. The van der Waals surface area contributed by atoms with Gasteiger partial charge in [-0.2, -0.15) is 0 Å². The van der Waals surface area contributed by atoms with Crippen molar-refractivity contribution in [2.75, 3.05) is 38.6 Å². The molecule has 0 saturated carbocycles. The standard InChI is InChI=1S/C28H30Cl2FN5O5/c1-28(2,3)41-27(39)36-12-10-35(11-13-36)26(38)17-7-6-16(14-19(17)29)33-25(37)24-32-15-20(34(24)4)18-8-9-21(40-5)23(31)22(18)30/h6-9,14-15H,10-13H2,1-5H3,(H,33,37). The van der Waals surface area contributed by atoms with Crippen molar-refractivity contribution in [1.29, 1.82) is 0 Å². The summed E-state index contributed by atoms with van der Waals surface area (Å²) in [6, 6.07) is 7.59. The largest absolute Gasteiger partial charge is 0.494 e. The summed E-state index contributed by atoms with van der Waals surface area (Å²) in [5.41, 5.74) is 0.788. The number of rotatable bonds is 5. The molecule has 0 bridgehead atoms. The smallest absolute Gasteiger partial charge is 0.410 e. The summed E-state index contributed by atoms with van der Waals surface area (Å²) in [7, 11) is 2.94. The molecule has 1 aromatic heterocycles. The van der Waals surface area contributed by atoms with Gasteiger partial charge in [0.05, 0.1) is 34.6 Å². The van der Waals surface area contributed by atoms with Crippen molar-refractivity contribution in [2.24, 2.45) is 7.05 Å². The Labute approximate surface area is 246 Å². The van der Waals surface area contributed by atoms with Crippen LogP contribution in [0.15, 0.2) is 36.5 Å². The molecule has 0 atom stereocenters. The topological polar surface area (TPSA) is 106 Å². The van der Waals surface area contributed by atoms with Gasteiger partial charge in [0.25, 0.3) is 11.8 Å². The molecule has 3 aromatic rings. The number of carbonyl (C=O) groups excluding carboxylic acids is 3. The molecule has 4 rings (SSSR count). The fraction of sp³-hybridized carbons (Fsp3) is 0.357. The van der Waals surface area contributed by atoms with Crippen molar-refractivity contribution in [3.63, 3.8) is 0 Å². The van der Waals surface area contributed by atoms with Gasteiger partial charge in [0, 0.05) is 44.5 Å². The number of ether oxygens (including phenoxy) is 2. The molecule has 0 radical (unpaired) electrons. The number of nitrogens with one attached hydrogen (secondary N) is 1. The number of anilines is 1. The van der Waals surface area contributed by atoms with E-state index in [-0.39, 0.29) is 33.1 Å². The van der Waals surface area contributed by atoms with E-state index < -0.39 is 23.4 Å². The van der Waals surface area contributed by atoms with E-state index in [4.69, 9.17) is 32.7 Å². The normalized spacial score (nSPS) is 13.7. The molecule has 1 N–H and O–H groups in total. The monoisotopic (exact) mass is 605 g/mol. The van der Waals surface area contributed by atoms with Crippen molar-refractivity contribution >= 4 is 46.8 Å². The van der Waals surface area contributed by atoms with E-state index in [1.165, 1.54) is 36.1 Å². The molecule has 2 aromatic carbocycles. The van der Waals surface area contributed by atoms with Crippen LogP contribution in [-0.2, 0) is 11.8 Å². The lowest BCUT2D eigenvalue weighted by atomic mass is 10.1. The molecule has 1 aliphatic rings. The molecule has 1 saturated heterocycles. The van der Waals surface area contributed by atoms with Crippen LogP contribution >= 0.6 is 23.2 Å². The predicted molar refractivity (Wildman–Crippen MR) is 153 cm³/mol. The molecule has 2 heterocycles. The number of hydrogen-bond acceptors (Lipinski definition) is 6. The van der Waals surface area contributed by atoms with Gasteiger partial charge < -0.3 is 29.2 Å². The van der Waals surface area contributed by atoms with Crippen LogP contribution in [-0.4, -0.2) is 76.1 Å². The summed E-state index contributed by atoms with van der Waals surface area (Å²) < 4.78 is 26.3. The fourth-order valence-electron chi connectivity index (χ4n) is 4.30. The van der Waals surface area contributed by atoms with E-state index in [1.807, 2.05) is 0 Å². The van der Waals surface area contributed by atoms with Gasteiger partial charge >= 0.3 is 6.09 Å². The SMILES string of the molecule is COc1ccc(-c2cnc(C(=O)Nc3ccc(C(=O)N4CCN(C(=O)OC(C)(C)C)CC4)c(Cl)c3)n2C)c(Cl)c1F. The maximum Gasteiger partial charge on any atom is 0.410 e. The van der Waals surface area contributed by atoms with E-state index in [0.717, 1.165) is 0 Å². The third-order valence-electron chi connectivity index (χ3n) is 6.41. The Hall–Kier alpha value is -3.83. The van der Waals surface area contributed by atoms with Crippen molar-refractivity contribution in [2.45, 2.75) is 26.4 Å². The van der Waals surface area contributed by atoms with Crippen LogP contribution in [0.1, 0.15) is 41.7 Å². The van der Waals surface area contributed by atoms with Gasteiger partial charge in [-0.05, 0) is 51.1 Å². The van der Waals surface area contributed by atoms with Crippen molar-refractivity contribution < 1.29 is 28.2 Å². The van der Waals surface area contributed by atoms with Crippen molar-refractivity contribution in [1.82, 2.24) is 19.4 Å². The highest BCUT2D eigenvalue weighted by Crippen LogP contribution is 2.35. The van der Waals surface area contributed by atoms with E-state index in [9.17, 15) is 18.8 Å². The summed E-state index contributed by atoms with van der Waals surface area (Å²) in [4.78, 5) is 45.8. The fourth-order valence-corrected chi connectivity index (χ4v) is 4.81. The number of nitrogens with zero attached hydrogens (tertiary/aromatic N) is 4. The van der Waals surface area contributed by atoms with Gasteiger partial charge in [0.1, 0.15) is 5.60 Å². The van der Waals surface area contributed by atoms with Gasteiger partial charge in [-0.1, -0.05) is 23.2 Å². The first-order valence-electron chi connectivity index (χ1n) is 12.7. The Morgan fingerprint density at radius 1 is 1.02 bits per heavy atom. The third kappa shape index (κ3) is 6.57. The number of aromatic nitrogens is 2. The predicted octanol–water partition coefficient (Wildman–Crippen LogP) is 5.49. The molecule has 0 spiro atoms. The first-order valence-corrected chi connectivity index (χ1v) is 13.5. The van der Waals surface area contributed by atoms with Crippen molar-refractivity contribution in [3.8, 4) is 17.0 Å². The Kier molecular flexibility index (Phi) is 8.79. The minimum Gasteiger partial charge on any atom is -0.494 e. The summed E-state index contributed by atoms with van der Waals surface area (Å²) in [5.74, 6) is -1.49. The first-order chi connectivity index (χ1) is 19.3. The van der Waals surface area contributed by atoms with Crippen LogP contribution in [0.4, 0.5) is 14.9 Å². The zero-order chi connectivity index (χ0) is 30.1. The lowest BCUT2D eigenvalue weighted by molar-refractivity contribution is 0.0141. The van der Waals surface area contributed by atoms with Gasteiger partial charge in [0.2, 0.25) is 0 Å². The average molecular weight is 606 g/mol. The van der Waals surface area contributed by atoms with Crippen LogP contribution in [0.3, 0.4) is 0 Å². The molecular formula is C28H30Cl2FN5O5. The zero-order valence-corrected chi connectivity index (χ0v) is 24.8. The number of carbonyl (C=O) groups is 3. The Balaban J connectivity index is 1.42. The second-order valence-corrected chi connectivity index (χ2v) is 11.2. The van der Waals surface area contributed by atoms with E-state index >= 15 is 0 Å². The average Bonchev–Trinajstić information content (AvgIpc) is 3.30. The second kappa shape index (κ2) is 12.0. The van der Waals surface area contributed by atoms with Crippen LogP contribution in [0, 0.1) is 5.82 Å². The highest BCUT2D eigenvalue weighted by Gasteiger charge is 2.29. The number of halogens is 3. The lowest BCUT2D eigenvalue weighted by Gasteiger charge is -2.35. The van der Waals surface area contributed by atoms with Gasteiger partial charge in [0.15, 0.2) is 17.4 Å². The number of piperazine rings is 1. The molecule has 1 fully saturated rings. The van der Waals surface area contributed by atoms with Crippen LogP contribution in [0.25, 0.3) is 11.3 Å². The molecule has 0 unspecified atom stereocenters. The number of hydrogen-bond donors (Lipinski definition) is 1. The van der Waals surface area contributed by atoms with Crippen LogP contribution in [0.2, 0.25) is 10.0 Å². The Morgan fingerprint density at radius 3 is 2.29 bits per heavy atom. The zero-order valence-electron chi connectivity index (χ0n) is 23.3. The quantitative estimate of drug-likeness (QED) is 0.412. The van der Waals surface area contributed by atoms with Crippen LogP contribution in [0.5, 0.6) is 5.75 Å². The minimum atomic E-state index is -0.715. The maximum absolute atomic E-state index is 14.5. The number of imidazole rings is 1. The molecule has 13 heteroatoms. The number of benzene rings is 2. The minimum absolute atomic E-state index is 0.000696. The second-order valence-electron chi connectivity index (χ2n) is 10.4. The maximum atomic E-state index is 14.5. The lowest BCUT2D eigenvalue weighted by Crippen LogP contribution is -2.51. The highest BCUT2D eigenvalue weighted by molar-refractivity contribution is 6.34. The molecule has 41 heavy (non-hydrogen) atoms. The van der Waals surface area contributed by atoms with Gasteiger partial charge in [-0.15, -0.1) is 0 Å². The van der Waals surface area contributed by atoms with E-state index in [1.54, 1.807) is 49.8 Å². The summed E-state index contributed by atoms with van der Waals surface area (Å²) in [6.45, 7) is 6.74. The first kappa shape index (κ1) is 30.1. The van der Waals surface area contributed by atoms with E-state index in [0.29, 0.717) is 43.1 Å². The summed E-state index contributed by atoms with van der Waals surface area (Å²) in [6.07, 6.45) is 1.00. The summed E-state index contributed by atoms with van der Waals surface area (Å²) in [5, 5.41) is 2.72. The molecule has 218 valence electrons.